The number of nitrogens with two attached hydrogens (primary N) is 2. The van der Waals surface area contributed by atoms with Crippen LogP contribution in [0.2, 0.25) is 0 Å². The highest BCUT2D eigenvalue weighted by Crippen LogP contribution is 2.49. The lowest BCUT2D eigenvalue weighted by atomic mass is 13.6. The van der Waals surface area contributed by atoms with E-state index in [0.717, 1.165) is 0 Å². The molecule has 0 aliphatic heterocycles. The van der Waals surface area contributed by atoms with Gasteiger partial charge in [0.2, 0.25) is 0 Å². The Labute approximate surface area is 44.7 Å². The Morgan fingerprint density at radius 2 is 1.71 bits per heavy atom. The van der Waals surface area contributed by atoms with Crippen molar-refractivity contribution in [3.05, 3.63) is 0 Å². The second kappa shape index (κ2) is 2.61. The quantitative estimate of drug-likeness (QED) is 0.427. The van der Waals surface area contributed by atoms with Crippen molar-refractivity contribution in [3.63, 3.8) is 0 Å². The first-order chi connectivity index (χ1) is 3.12. The molecule has 0 aliphatic rings. The Balaban J connectivity index is 3.61. The second-order valence-corrected chi connectivity index (χ2v) is 3.17. The highest BCUT2D eigenvalue weighted by atomic mass is 35.7. The summed E-state index contributed by atoms with van der Waals surface area (Å²) in [7, 11) is 0. The van der Waals surface area contributed by atoms with Gasteiger partial charge in [0, 0.05) is 11.2 Å². The largest absolute Gasteiger partial charge is 0.456 e. The van der Waals surface area contributed by atoms with Crippen molar-refractivity contribution < 1.29 is 13.8 Å². The van der Waals surface area contributed by atoms with Crippen LogP contribution in [0.1, 0.15) is 0 Å². The van der Waals surface area contributed by atoms with Crippen molar-refractivity contribution in [2.24, 2.45) is 11.8 Å². The van der Waals surface area contributed by atoms with Crippen LogP contribution < -0.4 is 11.8 Å². The summed E-state index contributed by atoms with van der Waals surface area (Å²) in [6, 6.07) is 0. The van der Waals surface area contributed by atoms with Crippen LogP contribution in [0, 0.1) is 0 Å². The highest BCUT2D eigenvalue weighted by molar-refractivity contribution is 7.81. The van der Waals surface area contributed by atoms with Gasteiger partial charge in [-0.2, -0.15) is 0 Å². The van der Waals surface area contributed by atoms with Crippen molar-refractivity contribution in [1.29, 1.82) is 0 Å². The van der Waals surface area contributed by atoms with Gasteiger partial charge in [-0.15, -0.1) is 0 Å². The minimum absolute atomic E-state index is 3.56. The van der Waals surface area contributed by atoms with Crippen molar-refractivity contribution in [2.75, 3.05) is 0 Å². The molecule has 4 N–H and O–H groups in total. The molecule has 0 unspecified atom stereocenters. The molecule has 0 heterocycles. The molecule has 0 radical (unpaired) electrons. The highest BCUT2D eigenvalue weighted by Gasteiger charge is 2.16. The Hall–Kier alpha value is 0.360. The van der Waals surface area contributed by atoms with Crippen LogP contribution >= 0.6 is 18.2 Å². The predicted octanol–water partition coefficient (Wildman–Crippen LogP) is 0.114. The van der Waals surface area contributed by atoms with Crippen molar-refractivity contribution >= 4 is 18.2 Å². The molecule has 0 aliphatic carbocycles. The first kappa shape index (κ1) is 7.36. The maximum atomic E-state index is 10.0. The monoisotopic (exact) mass is 146 g/mol. The third-order valence-electron chi connectivity index (χ3n) is 0.252. The smallest absolute Gasteiger partial charge is 0.238 e. The zero-order valence-corrected chi connectivity index (χ0v) is 4.85. The Morgan fingerprint density at radius 1 is 1.43 bits per heavy atom. The Bertz CT molecular complexity index is 84.9. The molecule has 7 heteroatoms. The fourth-order valence-corrected chi connectivity index (χ4v) is 0.0745. The zero-order chi connectivity index (χ0) is 5.91. The van der Waals surface area contributed by atoms with Gasteiger partial charge in [-0.3, -0.25) is 0 Å². The molecule has 0 saturated carbocycles. The van der Waals surface area contributed by atoms with E-state index in [-0.39, 0.29) is 0 Å². The fourth-order valence-electron chi connectivity index (χ4n) is 0.0248. The van der Waals surface area contributed by atoms with E-state index < -0.39 is 6.95 Å². The van der Waals surface area contributed by atoms with Crippen LogP contribution in [-0.4, -0.2) is 0 Å². The van der Waals surface area contributed by atoms with Crippen molar-refractivity contribution in [3.8, 4) is 0 Å². The van der Waals surface area contributed by atoms with Crippen molar-refractivity contribution in [1.82, 2.24) is 0 Å². The molecule has 0 saturated heterocycles. The standard InChI is InChI=1S/ClH4N2O3P/c1-7(4,5-2)6-3/h2-3H2. The lowest BCUT2D eigenvalue weighted by Gasteiger charge is -1.98. The van der Waals surface area contributed by atoms with Gasteiger partial charge in [0.15, 0.2) is 0 Å². The van der Waals surface area contributed by atoms with Gasteiger partial charge >= 0.3 is 6.95 Å². The van der Waals surface area contributed by atoms with E-state index in [0.29, 0.717) is 0 Å². The predicted molar refractivity (Wildman–Crippen MR) is 24.0 cm³/mol. The molecule has 7 heavy (non-hydrogen) atoms. The van der Waals surface area contributed by atoms with Gasteiger partial charge in [-0.25, -0.2) is 25.6 Å². The van der Waals surface area contributed by atoms with Crippen LogP contribution in [0.25, 0.3) is 0 Å². The molecule has 0 rings (SSSR count). The fraction of sp³-hybridized carbons (Fsp3) is 0. The van der Waals surface area contributed by atoms with Gasteiger partial charge in [-0.1, -0.05) is 0 Å². The van der Waals surface area contributed by atoms with Gasteiger partial charge in [0.1, 0.15) is 0 Å². The molecule has 0 bridgehead atoms. The third kappa shape index (κ3) is 2.99. The van der Waals surface area contributed by atoms with Crippen LogP contribution in [0.3, 0.4) is 0 Å². The van der Waals surface area contributed by atoms with Crippen LogP contribution in [0.15, 0.2) is 0 Å². The van der Waals surface area contributed by atoms with E-state index in [1.165, 1.54) is 0 Å². The SMILES string of the molecule is NOP(=O)(Cl)ON. The molecule has 44 valence electrons. The van der Waals surface area contributed by atoms with Crippen LogP contribution in [0.5, 0.6) is 0 Å². The van der Waals surface area contributed by atoms with Gasteiger partial charge < -0.3 is 0 Å². The average Bonchev–Trinajstić information content (AvgIpc) is 1.68. The molecule has 0 fully saturated rings. The van der Waals surface area contributed by atoms with Crippen LogP contribution in [0.4, 0.5) is 0 Å². The van der Waals surface area contributed by atoms with E-state index in [9.17, 15) is 4.57 Å². The molecule has 0 aromatic rings. The summed E-state index contributed by atoms with van der Waals surface area (Å²) in [5.41, 5.74) is 0. The lowest BCUT2D eigenvalue weighted by molar-refractivity contribution is 0.227. The summed E-state index contributed by atoms with van der Waals surface area (Å²) < 4.78 is 17.1. The molecular formula is H4ClN2O3P. The molecule has 0 atom stereocenters. The lowest BCUT2D eigenvalue weighted by Crippen LogP contribution is -1.99. The second-order valence-electron chi connectivity index (χ2n) is 0.641. The minimum atomic E-state index is -3.63. The number of hydrogen-bond acceptors (Lipinski definition) is 5. The summed E-state index contributed by atoms with van der Waals surface area (Å²) in [5, 5.41) is 0. The van der Waals surface area contributed by atoms with E-state index in [1.807, 2.05) is 0 Å². The number of rotatable bonds is 2. The average molecular weight is 146 g/mol. The topological polar surface area (TPSA) is 87.6 Å². The maximum Gasteiger partial charge on any atom is 0.456 e. The first-order valence-corrected chi connectivity index (χ1v) is 3.64. The zero-order valence-electron chi connectivity index (χ0n) is 3.20. The molecule has 0 amide bonds. The van der Waals surface area contributed by atoms with Gasteiger partial charge in [-0.05, 0) is 0 Å². The minimum Gasteiger partial charge on any atom is -0.238 e. The first-order valence-electron chi connectivity index (χ1n) is 1.19. The van der Waals surface area contributed by atoms with Gasteiger partial charge in [0.05, 0.1) is 0 Å². The molecule has 0 spiro atoms. The summed E-state index contributed by atoms with van der Waals surface area (Å²) >= 11 is 4.77. The maximum absolute atomic E-state index is 10.0. The Kier molecular flexibility index (Phi) is 2.75. The molecule has 0 aromatic carbocycles. The molecular weight excluding hydrogens is 142 g/mol. The summed E-state index contributed by atoms with van der Waals surface area (Å²) in [5.74, 6) is 8.63. The van der Waals surface area contributed by atoms with Gasteiger partial charge in [0.25, 0.3) is 0 Å². The van der Waals surface area contributed by atoms with Crippen LogP contribution in [-0.2, 0) is 13.8 Å². The Morgan fingerprint density at radius 3 is 1.71 bits per heavy atom. The number of hydrogen-bond donors (Lipinski definition) is 2. The summed E-state index contributed by atoms with van der Waals surface area (Å²) in [6.07, 6.45) is 0. The summed E-state index contributed by atoms with van der Waals surface area (Å²) in [6.45, 7) is -3.63. The number of halogens is 1. The summed E-state index contributed by atoms with van der Waals surface area (Å²) in [4.78, 5) is 0. The molecule has 5 nitrogen and oxygen atoms in total. The van der Waals surface area contributed by atoms with E-state index >= 15 is 0 Å². The van der Waals surface area contributed by atoms with E-state index in [1.54, 1.807) is 0 Å². The normalized spacial score (nSPS) is 11.9. The molecule has 0 aromatic heterocycles. The van der Waals surface area contributed by atoms with E-state index in [2.05, 4.69) is 21.0 Å². The third-order valence-corrected chi connectivity index (χ3v) is 1.23. The van der Waals surface area contributed by atoms with Crippen molar-refractivity contribution in [2.45, 2.75) is 0 Å². The van der Waals surface area contributed by atoms with E-state index in [4.69, 9.17) is 11.2 Å².